The number of rotatable bonds is 3. The number of nitrogens with one attached hydrogen (secondary N) is 1. The Morgan fingerprint density at radius 2 is 1.70 bits per heavy atom. The zero-order chi connectivity index (χ0) is 14.9. The van der Waals surface area contributed by atoms with Gasteiger partial charge in [0.25, 0.3) is 10.0 Å². The highest BCUT2D eigenvalue weighted by atomic mass is 32.2. The SMILES string of the molecule is Nc1ccc(S(=O)(=O)Nc2cccc(F)c2F)c(F)c1. The summed E-state index contributed by atoms with van der Waals surface area (Å²) in [6.45, 7) is 0. The van der Waals surface area contributed by atoms with Gasteiger partial charge in [0, 0.05) is 5.69 Å². The van der Waals surface area contributed by atoms with Crippen molar-refractivity contribution in [3.8, 4) is 0 Å². The van der Waals surface area contributed by atoms with Crippen LogP contribution in [0.15, 0.2) is 41.3 Å². The van der Waals surface area contributed by atoms with E-state index in [1.807, 2.05) is 0 Å². The van der Waals surface area contributed by atoms with Crippen LogP contribution >= 0.6 is 0 Å². The molecule has 2 aromatic rings. The normalized spacial score (nSPS) is 11.3. The van der Waals surface area contributed by atoms with Crippen molar-refractivity contribution in [2.75, 3.05) is 10.5 Å². The van der Waals surface area contributed by atoms with E-state index in [1.165, 1.54) is 6.07 Å². The lowest BCUT2D eigenvalue weighted by Crippen LogP contribution is -2.16. The third-order valence-corrected chi connectivity index (χ3v) is 3.84. The number of nitrogens with two attached hydrogens (primary N) is 1. The van der Waals surface area contributed by atoms with Gasteiger partial charge < -0.3 is 5.73 Å². The van der Waals surface area contributed by atoms with E-state index in [0.717, 1.165) is 30.3 Å². The lowest BCUT2D eigenvalue weighted by atomic mass is 10.3. The molecular formula is C12H9F3N2O2S. The molecule has 0 heterocycles. The van der Waals surface area contributed by atoms with Crippen molar-refractivity contribution in [1.29, 1.82) is 0 Å². The number of halogens is 3. The maximum absolute atomic E-state index is 13.6. The molecule has 20 heavy (non-hydrogen) atoms. The fourth-order valence-electron chi connectivity index (χ4n) is 1.52. The Morgan fingerprint density at radius 1 is 1.00 bits per heavy atom. The minimum Gasteiger partial charge on any atom is -0.399 e. The minimum absolute atomic E-state index is 0.0402. The molecule has 4 nitrogen and oxygen atoms in total. The number of hydrogen-bond acceptors (Lipinski definition) is 3. The molecule has 0 unspecified atom stereocenters. The van der Waals surface area contributed by atoms with Crippen LogP contribution in [-0.2, 0) is 10.0 Å². The van der Waals surface area contributed by atoms with E-state index in [-0.39, 0.29) is 5.69 Å². The Morgan fingerprint density at radius 3 is 2.35 bits per heavy atom. The van der Waals surface area contributed by atoms with Gasteiger partial charge >= 0.3 is 0 Å². The molecule has 3 N–H and O–H groups in total. The lowest BCUT2D eigenvalue weighted by Gasteiger charge is -2.10. The largest absolute Gasteiger partial charge is 0.399 e. The summed E-state index contributed by atoms with van der Waals surface area (Å²) in [5.41, 5.74) is 4.73. The summed E-state index contributed by atoms with van der Waals surface area (Å²) in [6, 6.07) is 5.90. The molecule has 0 bridgehead atoms. The average Bonchev–Trinajstić information content (AvgIpc) is 2.34. The zero-order valence-electron chi connectivity index (χ0n) is 9.90. The molecule has 0 spiro atoms. The van der Waals surface area contributed by atoms with Gasteiger partial charge in [0.15, 0.2) is 11.6 Å². The van der Waals surface area contributed by atoms with Gasteiger partial charge in [-0.05, 0) is 30.3 Å². The summed E-state index contributed by atoms with van der Waals surface area (Å²) >= 11 is 0. The Hall–Kier alpha value is -2.22. The molecule has 0 fully saturated rings. The summed E-state index contributed by atoms with van der Waals surface area (Å²) in [4.78, 5) is -0.713. The predicted molar refractivity (Wildman–Crippen MR) is 68.0 cm³/mol. The fraction of sp³-hybridized carbons (Fsp3) is 0. The van der Waals surface area contributed by atoms with Gasteiger partial charge in [-0.3, -0.25) is 4.72 Å². The van der Waals surface area contributed by atoms with Gasteiger partial charge in [-0.1, -0.05) is 6.07 Å². The predicted octanol–water partition coefficient (Wildman–Crippen LogP) is 2.49. The first kappa shape index (κ1) is 14.2. The zero-order valence-corrected chi connectivity index (χ0v) is 10.7. The van der Waals surface area contributed by atoms with Crippen LogP contribution < -0.4 is 10.5 Å². The second kappa shape index (κ2) is 5.04. The highest BCUT2D eigenvalue weighted by Gasteiger charge is 2.21. The second-order valence-electron chi connectivity index (χ2n) is 3.90. The van der Waals surface area contributed by atoms with Crippen molar-refractivity contribution < 1.29 is 21.6 Å². The number of benzene rings is 2. The monoisotopic (exact) mass is 302 g/mol. The standard InChI is InChI=1S/C12H9F3N2O2S/c13-8-2-1-3-10(12(8)15)17-20(18,19)11-5-4-7(16)6-9(11)14/h1-6,17H,16H2. The maximum Gasteiger partial charge on any atom is 0.264 e. The van der Waals surface area contributed by atoms with E-state index < -0.39 is 38.1 Å². The van der Waals surface area contributed by atoms with E-state index in [2.05, 4.69) is 0 Å². The van der Waals surface area contributed by atoms with Crippen molar-refractivity contribution in [2.24, 2.45) is 0 Å². The van der Waals surface area contributed by atoms with Crippen molar-refractivity contribution in [3.63, 3.8) is 0 Å². The molecule has 2 aromatic carbocycles. The van der Waals surface area contributed by atoms with Crippen LogP contribution in [0.3, 0.4) is 0 Å². The minimum atomic E-state index is -4.39. The van der Waals surface area contributed by atoms with E-state index in [4.69, 9.17) is 5.73 Å². The first-order chi connectivity index (χ1) is 9.31. The topological polar surface area (TPSA) is 72.2 Å². The van der Waals surface area contributed by atoms with Gasteiger partial charge in [-0.2, -0.15) is 0 Å². The third kappa shape index (κ3) is 2.69. The van der Waals surface area contributed by atoms with E-state index in [9.17, 15) is 21.6 Å². The Kier molecular flexibility index (Phi) is 3.58. The fourth-order valence-corrected chi connectivity index (χ4v) is 2.64. The molecule has 0 saturated heterocycles. The van der Waals surface area contributed by atoms with E-state index >= 15 is 0 Å². The molecule has 0 aliphatic rings. The molecule has 0 saturated carbocycles. The highest BCUT2D eigenvalue weighted by Crippen LogP contribution is 2.23. The second-order valence-corrected chi connectivity index (χ2v) is 5.55. The lowest BCUT2D eigenvalue weighted by molar-refractivity contribution is 0.511. The molecular weight excluding hydrogens is 293 g/mol. The number of anilines is 2. The van der Waals surface area contributed by atoms with Crippen molar-refractivity contribution >= 4 is 21.4 Å². The summed E-state index contributed by atoms with van der Waals surface area (Å²) < 4.78 is 65.6. The van der Waals surface area contributed by atoms with Crippen LogP contribution in [0.4, 0.5) is 24.5 Å². The quantitative estimate of drug-likeness (QED) is 0.856. The first-order valence-corrected chi connectivity index (χ1v) is 6.81. The summed E-state index contributed by atoms with van der Waals surface area (Å²) in [7, 11) is -4.39. The van der Waals surface area contributed by atoms with Crippen LogP contribution in [0.2, 0.25) is 0 Å². The average molecular weight is 302 g/mol. The van der Waals surface area contributed by atoms with Crippen molar-refractivity contribution in [2.45, 2.75) is 4.90 Å². The van der Waals surface area contributed by atoms with Crippen LogP contribution in [-0.4, -0.2) is 8.42 Å². The number of sulfonamides is 1. The number of hydrogen-bond donors (Lipinski definition) is 2. The molecule has 0 aromatic heterocycles. The van der Waals surface area contributed by atoms with Crippen LogP contribution in [0.25, 0.3) is 0 Å². The molecule has 0 radical (unpaired) electrons. The molecule has 0 atom stereocenters. The van der Waals surface area contributed by atoms with Gasteiger partial charge in [0.1, 0.15) is 10.7 Å². The smallest absolute Gasteiger partial charge is 0.264 e. The van der Waals surface area contributed by atoms with Crippen LogP contribution in [0.1, 0.15) is 0 Å². The van der Waals surface area contributed by atoms with Crippen LogP contribution in [0.5, 0.6) is 0 Å². The Labute approximate surface area is 113 Å². The summed E-state index contributed by atoms with van der Waals surface area (Å²) in [5.74, 6) is -3.68. The number of nitrogen functional groups attached to an aromatic ring is 1. The Bertz CT molecular complexity index is 763. The molecule has 106 valence electrons. The van der Waals surface area contributed by atoms with Gasteiger partial charge in [0.05, 0.1) is 5.69 Å². The summed E-state index contributed by atoms with van der Waals surface area (Å²) in [5, 5.41) is 0. The van der Waals surface area contributed by atoms with Crippen molar-refractivity contribution in [1.82, 2.24) is 0 Å². The molecule has 0 amide bonds. The Balaban J connectivity index is 2.44. The van der Waals surface area contributed by atoms with E-state index in [1.54, 1.807) is 4.72 Å². The molecule has 0 aliphatic heterocycles. The highest BCUT2D eigenvalue weighted by molar-refractivity contribution is 7.92. The van der Waals surface area contributed by atoms with E-state index in [0.29, 0.717) is 0 Å². The molecule has 8 heteroatoms. The van der Waals surface area contributed by atoms with Crippen molar-refractivity contribution in [3.05, 3.63) is 53.8 Å². The molecule has 2 rings (SSSR count). The maximum atomic E-state index is 13.6. The first-order valence-electron chi connectivity index (χ1n) is 5.33. The van der Waals surface area contributed by atoms with Gasteiger partial charge in [-0.15, -0.1) is 0 Å². The summed E-state index contributed by atoms with van der Waals surface area (Å²) in [6.07, 6.45) is 0. The van der Waals surface area contributed by atoms with Gasteiger partial charge in [-0.25, -0.2) is 21.6 Å². The third-order valence-electron chi connectivity index (χ3n) is 2.44. The van der Waals surface area contributed by atoms with Gasteiger partial charge in [0.2, 0.25) is 0 Å². The van der Waals surface area contributed by atoms with Crippen LogP contribution in [0, 0.1) is 17.5 Å². The molecule has 0 aliphatic carbocycles.